The molecule has 0 bridgehead atoms. The molecule has 0 saturated carbocycles. The zero-order valence-electron chi connectivity index (χ0n) is 13.3. The Morgan fingerprint density at radius 3 is 2.35 bits per heavy atom. The Balaban J connectivity index is 2.46. The number of nitrogens with one attached hydrogen (secondary N) is 2. The van der Waals surface area contributed by atoms with Gasteiger partial charge in [0.1, 0.15) is 17.2 Å². The Labute approximate surface area is 134 Å². The van der Waals surface area contributed by atoms with Crippen molar-refractivity contribution in [3.05, 3.63) is 35.4 Å². The Morgan fingerprint density at radius 1 is 1.17 bits per heavy atom. The molecule has 0 radical (unpaired) electrons. The molecule has 3 N–H and O–H groups in total. The van der Waals surface area contributed by atoms with Gasteiger partial charge < -0.3 is 15.7 Å². The Morgan fingerprint density at radius 2 is 1.78 bits per heavy atom. The first-order valence-electron chi connectivity index (χ1n) is 7.47. The van der Waals surface area contributed by atoms with Crippen LogP contribution in [0.3, 0.4) is 0 Å². The van der Waals surface area contributed by atoms with Crippen molar-refractivity contribution in [3.63, 3.8) is 0 Å². The second-order valence-corrected chi connectivity index (χ2v) is 5.48. The SMILES string of the molecule is CCNC(=O)CCCC(=O)NCC(C)(O)c1ccc(F)cc1F. The van der Waals surface area contributed by atoms with Crippen molar-refractivity contribution in [2.24, 2.45) is 0 Å². The topological polar surface area (TPSA) is 78.4 Å². The average Bonchev–Trinajstić information content (AvgIpc) is 2.45. The molecular formula is C16H22F2N2O3. The number of rotatable bonds is 8. The summed E-state index contributed by atoms with van der Waals surface area (Å²) in [4.78, 5) is 22.9. The fourth-order valence-corrected chi connectivity index (χ4v) is 2.08. The summed E-state index contributed by atoms with van der Waals surface area (Å²) in [7, 11) is 0. The van der Waals surface area contributed by atoms with Gasteiger partial charge in [0.05, 0.1) is 6.54 Å². The Kier molecular flexibility index (Phi) is 7.09. The van der Waals surface area contributed by atoms with Gasteiger partial charge in [-0.2, -0.15) is 0 Å². The van der Waals surface area contributed by atoms with Gasteiger partial charge in [-0.3, -0.25) is 9.59 Å². The molecular weight excluding hydrogens is 306 g/mol. The van der Waals surface area contributed by atoms with Crippen LogP contribution in [0.25, 0.3) is 0 Å². The second-order valence-electron chi connectivity index (χ2n) is 5.48. The predicted molar refractivity (Wildman–Crippen MR) is 81.5 cm³/mol. The summed E-state index contributed by atoms with van der Waals surface area (Å²) in [6.45, 7) is 3.46. The number of amides is 2. The summed E-state index contributed by atoms with van der Waals surface area (Å²) in [6.07, 6.45) is 0.744. The van der Waals surface area contributed by atoms with E-state index >= 15 is 0 Å². The van der Waals surface area contributed by atoms with Gasteiger partial charge in [-0.05, 0) is 26.3 Å². The zero-order chi connectivity index (χ0) is 17.5. The maximum absolute atomic E-state index is 13.7. The number of aliphatic hydroxyl groups is 1. The van der Waals surface area contributed by atoms with Gasteiger partial charge in [-0.15, -0.1) is 0 Å². The molecule has 1 aromatic rings. The highest BCUT2D eigenvalue weighted by atomic mass is 19.1. The van der Waals surface area contributed by atoms with Gasteiger partial charge >= 0.3 is 0 Å². The van der Waals surface area contributed by atoms with Gasteiger partial charge in [-0.25, -0.2) is 8.78 Å². The minimum absolute atomic E-state index is 0.0958. The van der Waals surface area contributed by atoms with Gasteiger partial charge in [0, 0.05) is 31.0 Å². The van der Waals surface area contributed by atoms with E-state index in [1.54, 1.807) is 6.92 Å². The van der Waals surface area contributed by atoms with Crippen molar-refractivity contribution in [3.8, 4) is 0 Å². The molecule has 1 aromatic carbocycles. The maximum atomic E-state index is 13.7. The molecule has 5 nitrogen and oxygen atoms in total. The Hall–Kier alpha value is -2.02. The Bertz CT molecular complexity index is 562. The summed E-state index contributed by atoms with van der Waals surface area (Å²) < 4.78 is 26.6. The van der Waals surface area contributed by atoms with Crippen LogP contribution in [0.2, 0.25) is 0 Å². The standard InChI is InChI=1S/C16H22F2N2O3/c1-3-19-14(21)5-4-6-15(22)20-10-16(2,23)12-8-7-11(17)9-13(12)18/h7-9,23H,3-6,10H2,1-2H3,(H,19,21)(H,20,22). The molecule has 1 rings (SSSR count). The lowest BCUT2D eigenvalue weighted by Crippen LogP contribution is -2.39. The largest absolute Gasteiger partial charge is 0.383 e. The third-order valence-electron chi connectivity index (χ3n) is 3.32. The van der Waals surface area contributed by atoms with Crippen LogP contribution in [0.5, 0.6) is 0 Å². The van der Waals surface area contributed by atoms with Crippen LogP contribution < -0.4 is 10.6 Å². The first kappa shape index (κ1) is 19.0. The van der Waals surface area contributed by atoms with Crippen LogP contribution in [0, 0.1) is 11.6 Å². The fourth-order valence-electron chi connectivity index (χ4n) is 2.08. The molecule has 1 unspecified atom stereocenters. The van der Waals surface area contributed by atoms with E-state index in [0.717, 1.165) is 12.1 Å². The molecule has 1 atom stereocenters. The van der Waals surface area contributed by atoms with E-state index in [4.69, 9.17) is 0 Å². The zero-order valence-corrected chi connectivity index (χ0v) is 13.3. The minimum atomic E-state index is -1.66. The van der Waals surface area contributed by atoms with E-state index in [9.17, 15) is 23.5 Å². The van der Waals surface area contributed by atoms with Crippen molar-refractivity contribution in [2.75, 3.05) is 13.1 Å². The van der Waals surface area contributed by atoms with Crippen molar-refractivity contribution in [2.45, 2.75) is 38.7 Å². The molecule has 2 amide bonds. The van der Waals surface area contributed by atoms with Gasteiger partial charge in [0.15, 0.2) is 0 Å². The summed E-state index contributed by atoms with van der Waals surface area (Å²) in [5.74, 6) is -2.09. The average molecular weight is 328 g/mol. The molecule has 0 aliphatic heterocycles. The van der Waals surface area contributed by atoms with Crippen LogP contribution >= 0.6 is 0 Å². The van der Waals surface area contributed by atoms with Crippen molar-refractivity contribution < 1.29 is 23.5 Å². The number of benzene rings is 1. The molecule has 0 aliphatic rings. The van der Waals surface area contributed by atoms with Gasteiger partial charge in [0.2, 0.25) is 11.8 Å². The lowest BCUT2D eigenvalue weighted by molar-refractivity contribution is -0.123. The van der Waals surface area contributed by atoms with E-state index in [2.05, 4.69) is 10.6 Å². The summed E-state index contributed by atoms with van der Waals surface area (Å²) in [5, 5.41) is 15.4. The highest BCUT2D eigenvalue weighted by Gasteiger charge is 2.27. The van der Waals surface area contributed by atoms with Crippen LogP contribution in [0.1, 0.15) is 38.7 Å². The monoisotopic (exact) mass is 328 g/mol. The predicted octanol–water partition coefficient (Wildman–Crippen LogP) is 1.59. The van der Waals surface area contributed by atoms with E-state index in [-0.39, 0.29) is 36.8 Å². The highest BCUT2D eigenvalue weighted by Crippen LogP contribution is 2.23. The molecule has 0 aromatic heterocycles. The second kappa shape index (κ2) is 8.57. The van der Waals surface area contributed by atoms with Crippen molar-refractivity contribution in [1.82, 2.24) is 10.6 Å². The quantitative estimate of drug-likeness (QED) is 0.678. The summed E-state index contributed by atoms with van der Waals surface area (Å²) in [5.41, 5.74) is -1.76. The molecule has 128 valence electrons. The normalized spacial score (nSPS) is 13.3. The van der Waals surface area contributed by atoms with Crippen molar-refractivity contribution >= 4 is 11.8 Å². The molecule has 0 fully saturated rings. The van der Waals surface area contributed by atoms with Crippen molar-refractivity contribution in [1.29, 1.82) is 0 Å². The molecule has 23 heavy (non-hydrogen) atoms. The third-order valence-corrected chi connectivity index (χ3v) is 3.32. The van der Waals surface area contributed by atoms with E-state index in [1.165, 1.54) is 6.92 Å². The molecule has 0 saturated heterocycles. The number of carbonyl (C=O) groups is 2. The van der Waals surface area contributed by atoms with Crippen LogP contribution in [0.4, 0.5) is 8.78 Å². The third kappa shape index (κ3) is 6.32. The van der Waals surface area contributed by atoms with Crippen LogP contribution in [0.15, 0.2) is 18.2 Å². The number of hydrogen-bond acceptors (Lipinski definition) is 3. The molecule has 0 heterocycles. The van der Waals surface area contributed by atoms with E-state index < -0.39 is 17.2 Å². The number of halogens is 2. The minimum Gasteiger partial charge on any atom is -0.383 e. The van der Waals surface area contributed by atoms with Gasteiger partial charge in [-0.1, -0.05) is 6.07 Å². The lowest BCUT2D eigenvalue weighted by atomic mass is 9.95. The maximum Gasteiger partial charge on any atom is 0.220 e. The fraction of sp³-hybridized carbons (Fsp3) is 0.500. The van der Waals surface area contributed by atoms with E-state index in [0.29, 0.717) is 19.0 Å². The molecule has 0 spiro atoms. The summed E-state index contributed by atoms with van der Waals surface area (Å²) in [6, 6.07) is 2.87. The lowest BCUT2D eigenvalue weighted by Gasteiger charge is -2.24. The number of carbonyl (C=O) groups excluding carboxylic acids is 2. The smallest absolute Gasteiger partial charge is 0.220 e. The van der Waals surface area contributed by atoms with E-state index in [1.807, 2.05) is 0 Å². The first-order chi connectivity index (χ1) is 10.8. The van der Waals surface area contributed by atoms with Crippen LogP contribution in [-0.4, -0.2) is 30.0 Å². The first-order valence-corrected chi connectivity index (χ1v) is 7.47. The highest BCUT2D eigenvalue weighted by molar-refractivity contribution is 5.78. The van der Waals surface area contributed by atoms with Crippen LogP contribution in [-0.2, 0) is 15.2 Å². The summed E-state index contributed by atoms with van der Waals surface area (Å²) >= 11 is 0. The van der Waals surface area contributed by atoms with Gasteiger partial charge in [0.25, 0.3) is 0 Å². The molecule has 0 aliphatic carbocycles. The molecule has 7 heteroatoms. The number of hydrogen-bond donors (Lipinski definition) is 3.